The largest absolute Gasteiger partial charge is 0.394 e. The summed E-state index contributed by atoms with van der Waals surface area (Å²) < 4.78 is 5.55. The summed E-state index contributed by atoms with van der Waals surface area (Å²) in [5, 5.41) is 37.8. The maximum absolute atomic E-state index is 10.3. The molecule has 9 heteroatoms. The SMILES string of the molecule is OC[C@H]1O[C@@H](c2nc(SCC=Cc3ccccc3)c3cn[nH]c3n2)[C@H](O)[C@@H]1O. The second-order valence-electron chi connectivity index (χ2n) is 6.40. The number of aliphatic hydroxyl groups is 3. The fourth-order valence-electron chi connectivity index (χ4n) is 3.05. The van der Waals surface area contributed by atoms with Crippen molar-refractivity contribution in [3.8, 4) is 0 Å². The van der Waals surface area contributed by atoms with Crippen LogP contribution in [0.3, 0.4) is 0 Å². The second-order valence-corrected chi connectivity index (χ2v) is 7.41. The Hall–Kier alpha value is -2.30. The maximum atomic E-state index is 10.3. The zero-order valence-corrected chi connectivity index (χ0v) is 15.7. The Kier molecular flexibility index (Phi) is 5.69. The van der Waals surface area contributed by atoms with Crippen molar-refractivity contribution in [1.82, 2.24) is 20.2 Å². The third kappa shape index (κ3) is 3.80. The standard InChI is InChI=1S/C19H20N4O4S/c24-10-13-14(25)15(26)16(27-13)18-21-17-12(9-20-23-17)19(22-18)28-8-4-7-11-5-2-1-3-6-11/h1-7,9,13-16,24-26H,8,10H2,(H,20,21,22,23)/t13-,14-,15-,16-/m1/s1. The van der Waals surface area contributed by atoms with Gasteiger partial charge < -0.3 is 20.1 Å². The Morgan fingerprint density at radius 3 is 2.71 bits per heavy atom. The Bertz CT molecular complexity index is 965. The summed E-state index contributed by atoms with van der Waals surface area (Å²) in [5.41, 5.74) is 1.64. The van der Waals surface area contributed by atoms with Crippen LogP contribution < -0.4 is 0 Å². The Morgan fingerprint density at radius 1 is 1.14 bits per heavy atom. The number of thioether (sulfide) groups is 1. The molecule has 1 aromatic carbocycles. The molecule has 3 heterocycles. The van der Waals surface area contributed by atoms with E-state index in [9.17, 15) is 15.3 Å². The van der Waals surface area contributed by atoms with E-state index < -0.39 is 31.0 Å². The smallest absolute Gasteiger partial charge is 0.163 e. The minimum atomic E-state index is -1.21. The van der Waals surface area contributed by atoms with Crippen molar-refractivity contribution in [1.29, 1.82) is 0 Å². The number of benzene rings is 1. The highest BCUT2D eigenvalue weighted by Crippen LogP contribution is 2.34. The Labute approximate surface area is 165 Å². The number of hydrogen-bond acceptors (Lipinski definition) is 8. The molecule has 146 valence electrons. The quantitative estimate of drug-likeness (QED) is 0.361. The molecule has 1 aliphatic heterocycles. The van der Waals surface area contributed by atoms with E-state index in [-0.39, 0.29) is 5.82 Å². The number of fused-ring (bicyclic) bond motifs is 1. The third-order valence-electron chi connectivity index (χ3n) is 4.52. The van der Waals surface area contributed by atoms with Crippen molar-refractivity contribution in [2.45, 2.75) is 29.4 Å². The summed E-state index contributed by atoms with van der Waals surface area (Å²) in [7, 11) is 0. The molecular weight excluding hydrogens is 380 g/mol. The molecule has 3 aromatic rings. The van der Waals surface area contributed by atoms with E-state index in [2.05, 4.69) is 20.2 Å². The monoisotopic (exact) mass is 400 g/mol. The number of hydrogen-bond donors (Lipinski definition) is 4. The van der Waals surface area contributed by atoms with Gasteiger partial charge in [0.1, 0.15) is 29.4 Å². The van der Waals surface area contributed by atoms with E-state index in [0.29, 0.717) is 16.4 Å². The van der Waals surface area contributed by atoms with Crippen molar-refractivity contribution in [3.63, 3.8) is 0 Å². The number of aromatic nitrogens is 4. The van der Waals surface area contributed by atoms with E-state index in [1.54, 1.807) is 6.20 Å². The predicted octanol–water partition coefficient (Wildman–Crippen LogP) is 1.31. The summed E-state index contributed by atoms with van der Waals surface area (Å²) in [6.45, 7) is -0.396. The topological polar surface area (TPSA) is 124 Å². The van der Waals surface area contributed by atoms with Gasteiger partial charge in [-0.15, -0.1) is 11.8 Å². The highest BCUT2D eigenvalue weighted by atomic mass is 32.2. The zero-order valence-electron chi connectivity index (χ0n) is 14.8. The van der Waals surface area contributed by atoms with Crippen LogP contribution in [0.1, 0.15) is 17.5 Å². The van der Waals surface area contributed by atoms with Crippen LogP contribution in [0.2, 0.25) is 0 Å². The molecule has 0 spiro atoms. The van der Waals surface area contributed by atoms with Crippen LogP contribution in [0.15, 0.2) is 47.6 Å². The van der Waals surface area contributed by atoms with E-state index in [0.717, 1.165) is 10.9 Å². The summed E-state index contributed by atoms with van der Waals surface area (Å²) in [4.78, 5) is 8.90. The maximum Gasteiger partial charge on any atom is 0.163 e. The van der Waals surface area contributed by atoms with Crippen LogP contribution in [-0.2, 0) is 4.74 Å². The molecular formula is C19H20N4O4S. The molecule has 4 N–H and O–H groups in total. The Balaban J connectivity index is 1.55. The lowest BCUT2D eigenvalue weighted by molar-refractivity contribution is -0.0253. The van der Waals surface area contributed by atoms with Gasteiger partial charge in [0.25, 0.3) is 0 Å². The molecule has 28 heavy (non-hydrogen) atoms. The predicted molar refractivity (Wildman–Crippen MR) is 105 cm³/mol. The number of nitrogens with one attached hydrogen (secondary N) is 1. The highest BCUT2D eigenvalue weighted by Gasteiger charge is 2.44. The van der Waals surface area contributed by atoms with E-state index in [4.69, 9.17) is 4.74 Å². The van der Waals surface area contributed by atoms with Gasteiger partial charge in [-0.05, 0) is 5.56 Å². The molecule has 2 aromatic heterocycles. The molecule has 0 bridgehead atoms. The van der Waals surface area contributed by atoms with Crippen LogP contribution in [0.5, 0.6) is 0 Å². The van der Waals surface area contributed by atoms with Gasteiger partial charge in [-0.2, -0.15) is 5.10 Å². The average Bonchev–Trinajstić information content (AvgIpc) is 3.31. The van der Waals surface area contributed by atoms with Gasteiger partial charge in [0.15, 0.2) is 11.5 Å². The van der Waals surface area contributed by atoms with Gasteiger partial charge in [-0.3, -0.25) is 5.10 Å². The van der Waals surface area contributed by atoms with Gasteiger partial charge in [-0.25, -0.2) is 9.97 Å². The minimum absolute atomic E-state index is 0.244. The average molecular weight is 400 g/mol. The molecule has 1 aliphatic rings. The number of rotatable bonds is 6. The number of aromatic amines is 1. The van der Waals surface area contributed by atoms with Gasteiger partial charge >= 0.3 is 0 Å². The lowest BCUT2D eigenvalue weighted by atomic mass is 10.1. The van der Waals surface area contributed by atoms with E-state index >= 15 is 0 Å². The molecule has 0 aliphatic carbocycles. The molecule has 1 fully saturated rings. The first-order valence-corrected chi connectivity index (χ1v) is 9.84. The molecule has 0 saturated carbocycles. The zero-order chi connectivity index (χ0) is 19.5. The molecule has 0 radical (unpaired) electrons. The van der Waals surface area contributed by atoms with Crippen molar-refractivity contribution >= 4 is 28.9 Å². The number of aliphatic hydroxyl groups excluding tert-OH is 3. The van der Waals surface area contributed by atoms with Crippen LogP contribution >= 0.6 is 11.8 Å². The van der Waals surface area contributed by atoms with Gasteiger partial charge in [-0.1, -0.05) is 42.5 Å². The Morgan fingerprint density at radius 2 is 1.96 bits per heavy atom. The van der Waals surface area contributed by atoms with Crippen molar-refractivity contribution in [2.75, 3.05) is 12.4 Å². The van der Waals surface area contributed by atoms with Crippen LogP contribution in [0.4, 0.5) is 0 Å². The normalized spacial score (nSPS) is 25.1. The highest BCUT2D eigenvalue weighted by molar-refractivity contribution is 7.99. The number of H-pyrrole nitrogens is 1. The fourth-order valence-corrected chi connectivity index (χ4v) is 3.86. The van der Waals surface area contributed by atoms with Gasteiger partial charge in [0.05, 0.1) is 18.2 Å². The molecule has 1 saturated heterocycles. The summed E-state index contributed by atoms with van der Waals surface area (Å²) in [5.74, 6) is 0.926. The first-order valence-electron chi connectivity index (χ1n) is 8.85. The molecule has 0 amide bonds. The molecule has 4 rings (SSSR count). The third-order valence-corrected chi connectivity index (χ3v) is 5.46. The number of ether oxygens (including phenoxy) is 1. The van der Waals surface area contributed by atoms with Gasteiger partial charge in [0.2, 0.25) is 0 Å². The van der Waals surface area contributed by atoms with E-state index in [1.807, 2.05) is 42.5 Å². The van der Waals surface area contributed by atoms with Gasteiger partial charge in [0, 0.05) is 5.75 Å². The first kappa shape index (κ1) is 19.0. The van der Waals surface area contributed by atoms with Crippen molar-refractivity contribution in [3.05, 3.63) is 54.0 Å². The van der Waals surface area contributed by atoms with Crippen molar-refractivity contribution in [2.24, 2.45) is 0 Å². The lowest BCUT2D eigenvalue weighted by Crippen LogP contribution is -2.32. The summed E-state index contributed by atoms with van der Waals surface area (Å²) in [6.07, 6.45) is 1.53. The first-order chi connectivity index (χ1) is 13.7. The van der Waals surface area contributed by atoms with Crippen LogP contribution in [0.25, 0.3) is 17.1 Å². The summed E-state index contributed by atoms with van der Waals surface area (Å²) >= 11 is 1.51. The summed E-state index contributed by atoms with van der Waals surface area (Å²) in [6, 6.07) is 10.0. The lowest BCUT2D eigenvalue weighted by Gasteiger charge is -2.14. The number of nitrogens with zero attached hydrogens (tertiary/aromatic N) is 3. The molecule has 0 unspecified atom stereocenters. The van der Waals surface area contributed by atoms with Crippen LogP contribution in [0, 0.1) is 0 Å². The van der Waals surface area contributed by atoms with Crippen LogP contribution in [-0.4, -0.2) is 66.2 Å². The van der Waals surface area contributed by atoms with Crippen molar-refractivity contribution < 1.29 is 20.1 Å². The fraction of sp³-hybridized carbons (Fsp3) is 0.316. The second kappa shape index (κ2) is 8.38. The minimum Gasteiger partial charge on any atom is -0.394 e. The molecule has 4 atom stereocenters. The van der Waals surface area contributed by atoms with E-state index in [1.165, 1.54) is 11.8 Å². The molecule has 8 nitrogen and oxygen atoms in total.